The Morgan fingerprint density at radius 2 is 2.09 bits per heavy atom. The fourth-order valence-corrected chi connectivity index (χ4v) is 2.59. The molecule has 0 unspecified atom stereocenters. The number of amides is 2. The van der Waals surface area contributed by atoms with Crippen LogP contribution in [-0.2, 0) is 16.1 Å². The number of hydrogen-bond donors (Lipinski definition) is 1. The number of nitrogens with zero attached hydrogens (tertiary/aromatic N) is 1. The van der Waals surface area contributed by atoms with Crippen molar-refractivity contribution < 1.29 is 14.3 Å². The third-order valence-electron chi connectivity index (χ3n) is 2.90. The van der Waals surface area contributed by atoms with Crippen LogP contribution in [0.5, 0.6) is 0 Å². The highest BCUT2D eigenvalue weighted by atomic mass is 32.1. The Kier molecular flexibility index (Phi) is 7.38. The van der Waals surface area contributed by atoms with Crippen LogP contribution in [0.2, 0.25) is 0 Å². The molecule has 2 amide bonds. The van der Waals surface area contributed by atoms with E-state index in [4.69, 9.17) is 4.74 Å². The molecule has 124 valence electrons. The van der Waals surface area contributed by atoms with E-state index in [1.165, 1.54) is 4.88 Å². The van der Waals surface area contributed by atoms with E-state index in [2.05, 4.69) is 5.32 Å². The van der Waals surface area contributed by atoms with Gasteiger partial charge in [0.2, 0.25) is 5.91 Å². The van der Waals surface area contributed by atoms with Crippen LogP contribution in [0, 0.1) is 0 Å². The summed E-state index contributed by atoms with van der Waals surface area (Å²) in [5.41, 5.74) is -0.500. The number of nitrogens with one attached hydrogen (secondary N) is 1. The average Bonchev–Trinajstić information content (AvgIpc) is 2.91. The smallest absolute Gasteiger partial charge is 0.407 e. The van der Waals surface area contributed by atoms with Gasteiger partial charge in [0.25, 0.3) is 0 Å². The van der Waals surface area contributed by atoms with Gasteiger partial charge in [-0.05, 0) is 45.6 Å². The van der Waals surface area contributed by atoms with Gasteiger partial charge in [-0.2, -0.15) is 0 Å². The Morgan fingerprint density at radius 3 is 2.64 bits per heavy atom. The highest BCUT2D eigenvalue weighted by molar-refractivity contribution is 7.09. The van der Waals surface area contributed by atoms with Crippen LogP contribution in [0.1, 0.15) is 45.4 Å². The Labute approximate surface area is 136 Å². The van der Waals surface area contributed by atoms with Crippen LogP contribution in [-0.4, -0.2) is 35.6 Å². The Balaban J connectivity index is 2.25. The summed E-state index contributed by atoms with van der Waals surface area (Å²) >= 11 is 1.65. The van der Waals surface area contributed by atoms with Gasteiger partial charge in [-0.25, -0.2) is 4.79 Å². The molecule has 0 bridgehead atoms. The summed E-state index contributed by atoms with van der Waals surface area (Å²) in [5.74, 6) is 0.113. The molecule has 22 heavy (non-hydrogen) atoms. The number of thiophene rings is 1. The predicted molar refractivity (Wildman–Crippen MR) is 88.9 cm³/mol. The summed E-state index contributed by atoms with van der Waals surface area (Å²) in [4.78, 5) is 26.7. The average molecular weight is 326 g/mol. The van der Waals surface area contributed by atoms with Gasteiger partial charge in [0.05, 0.1) is 6.54 Å². The molecule has 0 saturated carbocycles. The molecule has 0 aliphatic heterocycles. The number of carbonyl (C=O) groups is 2. The molecule has 0 aliphatic rings. The maximum Gasteiger partial charge on any atom is 0.407 e. The lowest BCUT2D eigenvalue weighted by atomic mass is 10.2. The molecule has 0 fully saturated rings. The van der Waals surface area contributed by atoms with Crippen molar-refractivity contribution >= 4 is 23.3 Å². The van der Waals surface area contributed by atoms with E-state index in [9.17, 15) is 9.59 Å². The number of carbonyl (C=O) groups excluding carboxylic acids is 2. The largest absolute Gasteiger partial charge is 0.444 e. The van der Waals surface area contributed by atoms with Gasteiger partial charge >= 0.3 is 6.09 Å². The predicted octanol–water partition coefficient (Wildman–Crippen LogP) is 3.40. The maximum absolute atomic E-state index is 12.2. The summed E-state index contributed by atoms with van der Waals surface area (Å²) in [7, 11) is 0. The second kappa shape index (κ2) is 8.78. The molecule has 1 rings (SSSR count). The van der Waals surface area contributed by atoms with E-state index in [1.54, 1.807) is 11.3 Å². The summed E-state index contributed by atoms with van der Waals surface area (Å²) in [5, 5.41) is 4.68. The van der Waals surface area contributed by atoms with Crippen molar-refractivity contribution in [3.8, 4) is 0 Å². The molecule has 6 heteroatoms. The number of alkyl carbamates (subject to hydrolysis) is 1. The topological polar surface area (TPSA) is 58.6 Å². The summed E-state index contributed by atoms with van der Waals surface area (Å²) < 4.78 is 5.14. The Morgan fingerprint density at radius 1 is 1.36 bits per heavy atom. The lowest BCUT2D eigenvalue weighted by Crippen LogP contribution is -2.34. The number of hydrogen-bond acceptors (Lipinski definition) is 4. The zero-order chi connectivity index (χ0) is 16.6. The molecule has 0 aromatic carbocycles. The highest BCUT2D eigenvalue weighted by Gasteiger charge is 2.16. The molecular formula is C16H26N2O3S. The fraction of sp³-hybridized carbons (Fsp3) is 0.625. The van der Waals surface area contributed by atoms with Crippen molar-refractivity contribution in [3.63, 3.8) is 0 Å². The van der Waals surface area contributed by atoms with Crippen LogP contribution in [0.15, 0.2) is 17.5 Å². The van der Waals surface area contributed by atoms with Crippen molar-refractivity contribution in [2.45, 2.75) is 52.7 Å². The molecule has 0 radical (unpaired) electrons. The fourth-order valence-electron chi connectivity index (χ4n) is 1.87. The minimum Gasteiger partial charge on any atom is -0.444 e. The van der Waals surface area contributed by atoms with E-state index >= 15 is 0 Å². The molecule has 0 atom stereocenters. The molecule has 0 spiro atoms. The van der Waals surface area contributed by atoms with Crippen LogP contribution < -0.4 is 5.32 Å². The van der Waals surface area contributed by atoms with Gasteiger partial charge in [-0.1, -0.05) is 6.07 Å². The van der Waals surface area contributed by atoms with Crippen LogP contribution >= 0.6 is 11.3 Å². The first-order chi connectivity index (χ1) is 10.3. The van der Waals surface area contributed by atoms with E-state index in [1.807, 2.05) is 50.1 Å². The SMILES string of the molecule is CCN(Cc1cccs1)C(=O)CCCNC(=O)OC(C)(C)C. The number of rotatable bonds is 7. The summed E-state index contributed by atoms with van der Waals surface area (Å²) in [6.07, 6.45) is 0.597. The minimum absolute atomic E-state index is 0.113. The molecule has 1 N–H and O–H groups in total. The molecule has 0 aliphatic carbocycles. The highest BCUT2D eigenvalue weighted by Crippen LogP contribution is 2.13. The van der Waals surface area contributed by atoms with Crippen LogP contribution in [0.4, 0.5) is 4.79 Å². The first-order valence-corrected chi connectivity index (χ1v) is 8.47. The number of ether oxygens (including phenoxy) is 1. The molecule has 0 saturated heterocycles. The summed E-state index contributed by atoms with van der Waals surface area (Å²) in [6, 6.07) is 4.02. The monoisotopic (exact) mass is 326 g/mol. The van der Waals surface area contributed by atoms with Gasteiger partial charge < -0.3 is 15.0 Å². The zero-order valence-corrected chi connectivity index (χ0v) is 14.7. The Hall–Kier alpha value is -1.56. The van der Waals surface area contributed by atoms with Crippen molar-refractivity contribution in [2.24, 2.45) is 0 Å². The van der Waals surface area contributed by atoms with Crippen molar-refractivity contribution in [1.29, 1.82) is 0 Å². The first kappa shape index (κ1) is 18.5. The van der Waals surface area contributed by atoms with E-state index in [0.717, 1.165) is 0 Å². The normalized spacial score (nSPS) is 11.1. The Bertz CT molecular complexity index is 466. The van der Waals surface area contributed by atoms with E-state index in [0.29, 0.717) is 32.5 Å². The molecule has 1 heterocycles. The van der Waals surface area contributed by atoms with E-state index < -0.39 is 11.7 Å². The lowest BCUT2D eigenvalue weighted by Gasteiger charge is -2.21. The summed E-state index contributed by atoms with van der Waals surface area (Å²) in [6.45, 7) is 9.23. The third-order valence-corrected chi connectivity index (χ3v) is 3.76. The first-order valence-electron chi connectivity index (χ1n) is 7.59. The van der Waals surface area contributed by atoms with Gasteiger partial charge in [0, 0.05) is 24.4 Å². The van der Waals surface area contributed by atoms with Crippen LogP contribution in [0.25, 0.3) is 0 Å². The second-order valence-electron chi connectivity index (χ2n) is 6.02. The minimum atomic E-state index is -0.500. The van der Waals surface area contributed by atoms with Gasteiger partial charge in [-0.3, -0.25) is 4.79 Å². The van der Waals surface area contributed by atoms with Crippen molar-refractivity contribution in [1.82, 2.24) is 10.2 Å². The zero-order valence-electron chi connectivity index (χ0n) is 13.8. The quantitative estimate of drug-likeness (QED) is 0.781. The van der Waals surface area contributed by atoms with Crippen molar-refractivity contribution in [3.05, 3.63) is 22.4 Å². The van der Waals surface area contributed by atoms with Gasteiger partial charge in [-0.15, -0.1) is 11.3 Å². The maximum atomic E-state index is 12.2. The van der Waals surface area contributed by atoms with Gasteiger partial charge in [0.1, 0.15) is 5.60 Å². The van der Waals surface area contributed by atoms with E-state index in [-0.39, 0.29) is 5.91 Å². The van der Waals surface area contributed by atoms with Gasteiger partial charge in [0.15, 0.2) is 0 Å². The molecule has 1 aromatic rings. The second-order valence-corrected chi connectivity index (χ2v) is 7.05. The molecule has 5 nitrogen and oxygen atoms in total. The van der Waals surface area contributed by atoms with Crippen LogP contribution in [0.3, 0.4) is 0 Å². The van der Waals surface area contributed by atoms with Crippen molar-refractivity contribution in [2.75, 3.05) is 13.1 Å². The standard InChI is InChI=1S/C16H26N2O3S/c1-5-18(12-13-8-7-11-22-13)14(19)9-6-10-17-15(20)21-16(2,3)4/h7-8,11H,5-6,9-10,12H2,1-4H3,(H,17,20). The molecular weight excluding hydrogens is 300 g/mol. The molecule has 1 aromatic heterocycles. The lowest BCUT2D eigenvalue weighted by molar-refractivity contribution is -0.131. The third kappa shape index (κ3) is 7.45.